The van der Waals surface area contributed by atoms with E-state index in [0.29, 0.717) is 5.78 Å². The molecular weight excluding hydrogens is 222 g/mol. The van der Waals surface area contributed by atoms with Crippen molar-refractivity contribution < 1.29 is 4.79 Å². The minimum atomic E-state index is -0.116. The smallest absolute Gasteiger partial charge is 0.153 e. The van der Waals surface area contributed by atoms with E-state index in [0.717, 1.165) is 38.8 Å². The predicted molar refractivity (Wildman–Crippen MR) is 77.8 cm³/mol. The van der Waals surface area contributed by atoms with E-state index >= 15 is 0 Å². The Labute approximate surface area is 113 Å². The van der Waals surface area contributed by atoms with E-state index in [4.69, 9.17) is 0 Å². The van der Waals surface area contributed by atoms with Crippen molar-refractivity contribution in [2.45, 2.75) is 78.7 Å². The molecule has 1 aliphatic rings. The van der Waals surface area contributed by atoms with Gasteiger partial charge in [-0.1, -0.05) is 47.5 Å². The van der Waals surface area contributed by atoms with Crippen LogP contribution in [0.1, 0.15) is 73.1 Å². The van der Waals surface area contributed by atoms with Gasteiger partial charge in [-0.3, -0.25) is 9.69 Å². The minimum absolute atomic E-state index is 0.116. The van der Waals surface area contributed by atoms with Crippen LogP contribution in [0.25, 0.3) is 0 Å². The zero-order valence-electron chi connectivity index (χ0n) is 13.0. The van der Waals surface area contributed by atoms with Gasteiger partial charge in [0.25, 0.3) is 0 Å². The number of Topliss-reactive ketones (excluding diaryl/α,β-unsaturated/α-hetero) is 1. The fourth-order valence-electron chi connectivity index (χ4n) is 3.28. The number of nitrogens with zero attached hydrogens (tertiary/aromatic N) is 1. The van der Waals surface area contributed by atoms with Crippen molar-refractivity contribution >= 4 is 5.78 Å². The summed E-state index contributed by atoms with van der Waals surface area (Å²) < 4.78 is 0. The van der Waals surface area contributed by atoms with Crippen LogP contribution < -0.4 is 0 Å². The Hall–Kier alpha value is -0.370. The fourth-order valence-corrected chi connectivity index (χ4v) is 3.28. The van der Waals surface area contributed by atoms with E-state index in [1.165, 1.54) is 12.8 Å². The largest absolute Gasteiger partial charge is 0.298 e. The highest BCUT2D eigenvalue weighted by Gasteiger charge is 2.44. The second-order valence-corrected chi connectivity index (χ2v) is 6.89. The molecule has 1 saturated carbocycles. The van der Waals surface area contributed by atoms with Crippen LogP contribution in [0, 0.1) is 5.41 Å². The maximum absolute atomic E-state index is 12.7. The van der Waals surface area contributed by atoms with Gasteiger partial charge in [0.2, 0.25) is 0 Å². The molecule has 0 aliphatic heterocycles. The Morgan fingerprint density at radius 3 is 2.00 bits per heavy atom. The molecule has 0 N–H and O–H groups in total. The molecule has 0 bridgehead atoms. The zero-order chi connectivity index (χ0) is 13.8. The van der Waals surface area contributed by atoms with Gasteiger partial charge in [-0.15, -0.1) is 0 Å². The molecule has 0 radical (unpaired) electrons. The summed E-state index contributed by atoms with van der Waals surface area (Å²) in [5.41, 5.74) is 0.146. The van der Waals surface area contributed by atoms with E-state index in [1.807, 2.05) is 0 Å². The van der Waals surface area contributed by atoms with Crippen LogP contribution >= 0.6 is 0 Å². The van der Waals surface area contributed by atoms with E-state index in [9.17, 15) is 4.79 Å². The van der Waals surface area contributed by atoms with Crippen molar-refractivity contribution in [3.05, 3.63) is 0 Å². The van der Waals surface area contributed by atoms with Gasteiger partial charge in [-0.05, 0) is 37.8 Å². The summed E-state index contributed by atoms with van der Waals surface area (Å²) in [5.74, 6) is 0.499. The first-order valence-corrected chi connectivity index (χ1v) is 7.64. The molecule has 0 aromatic heterocycles. The Morgan fingerprint density at radius 2 is 1.61 bits per heavy atom. The summed E-state index contributed by atoms with van der Waals surface area (Å²) >= 11 is 0. The lowest BCUT2D eigenvalue weighted by atomic mass is 9.82. The van der Waals surface area contributed by atoms with E-state index in [1.54, 1.807) is 0 Å². The first-order chi connectivity index (χ1) is 8.35. The van der Waals surface area contributed by atoms with Gasteiger partial charge in [0.1, 0.15) is 0 Å². The lowest BCUT2D eigenvalue weighted by Crippen LogP contribution is -2.52. The summed E-state index contributed by atoms with van der Waals surface area (Å²) in [6.45, 7) is 13.0. The van der Waals surface area contributed by atoms with Gasteiger partial charge < -0.3 is 0 Å². The Kier molecular flexibility index (Phi) is 5.39. The average molecular weight is 253 g/mol. The van der Waals surface area contributed by atoms with Crippen molar-refractivity contribution in [1.29, 1.82) is 0 Å². The third-order valence-electron chi connectivity index (χ3n) is 4.42. The molecule has 2 nitrogen and oxygen atoms in total. The molecule has 0 atom stereocenters. The highest BCUT2D eigenvalue weighted by molar-refractivity contribution is 5.88. The maximum atomic E-state index is 12.7. The Morgan fingerprint density at radius 1 is 1.11 bits per heavy atom. The van der Waals surface area contributed by atoms with Crippen molar-refractivity contribution in [2.24, 2.45) is 5.41 Å². The summed E-state index contributed by atoms with van der Waals surface area (Å²) in [4.78, 5) is 15.1. The average Bonchev–Trinajstić information content (AvgIpc) is 2.77. The number of carbonyl (C=O) groups excluding carboxylic acids is 1. The van der Waals surface area contributed by atoms with E-state index in [2.05, 4.69) is 39.5 Å². The summed E-state index contributed by atoms with van der Waals surface area (Å²) in [5, 5.41) is 0. The second kappa shape index (κ2) is 6.18. The van der Waals surface area contributed by atoms with Crippen LogP contribution in [-0.2, 0) is 4.79 Å². The molecule has 0 aromatic carbocycles. The number of hydrogen-bond acceptors (Lipinski definition) is 2. The van der Waals surface area contributed by atoms with Gasteiger partial charge in [-0.25, -0.2) is 0 Å². The van der Waals surface area contributed by atoms with Crippen LogP contribution in [0.15, 0.2) is 0 Å². The number of likely N-dealkylation sites (N-methyl/N-ethyl adjacent to an activating group) is 1. The molecule has 0 unspecified atom stereocenters. The van der Waals surface area contributed by atoms with Gasteiger partial charge in [0.05, 0.1) is 5.54 Å². The lowest BCUT2D eigenvalue weighted by molar-refractivity contribution is -0.131. The first kappa shape index (κ1) is 15.7. The molecule has 1 fully saturated rings. The van der Waals surface area contributed by atoms with Gasteiger partial charge in [-0.2, -0.15) is 0 Å². The molecule has 0 amide bonds. The topological polar surface area (TPSA) is 20.3 Å². The van der Waals surface area contributed by atoms with Crippen molar-refractivity contribution in [3.8, 4) is 0 Å². The van der Waals surface area contributed by atoms with Crippen LogP contribution in [0.4, 0.5) is 0 Å². The number of carbonyl (C=O) groups is 1. The molecule has 106 valence electrons. The third-order valence-corrected chi connectivity index (χ3v) is 4.42. The Balaban J connectivity index is 2.75. The zero-order valence-corrected chi connectivity index (χ0v) is 13.0. The fraction of sp³-hybridized carbons (Fsp3) is 0.938. The van der Waals surface area contributed by atoms with Gasteiger partial charge >= 0.3 is 0 Å². The van der Waals surface area contributed by atoms with Gasteiger partial charge in [0, 0.05) is 6.42 Å². The number of rotatable bonds is 6. The molecule has 0 saturated heterocycles. The molecular formula is C16H31NO. The normalized spacial score (nSPS) is 19.4. The summed E-state index contributed by atoms with van der Waals surface area (Å²) in [7, 11) is 0. The van der Waals surface area contributed by atoms with Crippen LogP contribution in [0.5, 0.6) is 0 Å². The lowest BCUT2D eigenvalue weighted by Gasteiger charge is -2.39. The monoisotopic (exact) mass is 253 g/mol. The summed E-state index contributed by atoms with van der Waals surface area (Å²) in [6.07, 6.45) is 6.36. The SMILES string of the molecule is CCN(CC)C1(C(=O)CCC(C)(C)C)CCCC1. The van der Waals surface area contributed by atoms with Crippen molar-refractivity contribution in [1.82, 2.24) is 4.90 Å². The Bertz CT molecular complexity index is 267. The highest BCUT2D eigenvalue weighted by atomic mass is 16.1. The van der Waals surface area contributed by atoms with Crippen molar-refractivity contribution in [2.75, 3.05) is 13.1 Å². The molecule has 0 heterocycles. The molecule has 0 aromatic rings. The van der Waals surface area contributed by atoms with Crippen molar-refractivity contribution in [3.63, 3.8) is 0 Å². The van der Waals surface area contributed by atoms with Gasteiger partial charge in [0.15, 0.2) is 5.78 Å². The van der Waals surface area contributed by atoms with Crippen LogP contribution in [0.3, 0.4) is 0 Å². The molecule has 1 aliphatic carbocycles. The maximum Gasteiger partial charge on any atom is 0.153 e. The summed E-state index contributed by atoms with van der Waals surface area (Å²) in [6, 6.07) is 0. The molecule has 18 heavy (non-hydrogen) atoms. The standard InChI is InChI=1S/C16H31NO/c1-6-17(7-2)16(11-8-9-12-16)14(18)10-13-15(3,4)5/h6-13H2,1-5H3. The molecule has 2 heteroatoms. The molecule has 0 spiro atoms. The van der Waals surface area contributed by atoms with Crippen LogP contribution in [0.2, 0.25) is 0 Å². The third kappa shape index (κ3) is 3.57. The quantitative estimate of drug-likeness (QED) is 0.712. The predicted octanol–water partition coefficient (Wildman–Crippen LogP) is 4.04. The minimum Gasteiger partial charge on any atom is -0.298 e. The van der Waals surface area contributed by atoms with E-state index in [-0.39, 0.29) is 11.0 Å². The molecule has 1 rings (SSSR count). The number of hydrogen-bond donors (Lipinski definition) is 0. The number of ketones is 1. The highest BCUT2D eigenvalue weighted by Crippen LogP contribution is 2.38. The van der Waals surface area contributed by atoms with E-state index < -0.39 is 0 Å². The van der Waals surface area contributed by atoms with Crippen LogP contribution in [-0.4, -0.2) is 29.3 Å². The second-order valence-electron chi connectivity index (χ2n) is 6.89. The first-order valence-electron chi connectivity index (χ1n) is 7.64.